The molecule has 0 aromatic heterocycles. The molecule has 1 aliphatic rings. The Bertz CT molecular complexity index is 811. The molecule has 7 heteroatoms. The van der Waals surface area contributed by atoms with Crippen molar-refractivity contribution in [2.75, 3.05) is 52.3 Å². The normalized spacial score (nSPS) is 14.3. The highest BCUT2D eigenvalue weighted by Gasteiger charge is 2.27. The van der Waals surface area contributed by atoms with Crippen molar-refractivity contribution in [1.82, 2.24) is 9.80 Å². The Morgan fingerprint density at radius 2 is 1.52 bits per heavy atom. The van der Waals surface area contributed by atoms with Gasteiger partial charge < -0.3 is 19.7 Å². The molecule has 1 saturated heterocycles. The Morgan fingerprint density at radius 3 is 2.10 bits per heavy atom. The van der Waals surface area contributed by atoms with Gasteiger partial charge in [0, 0.05) is 44.8 Å². The molecule has 0 spiro atoms. The first kappa shape index (κ1) is 20.7. The monoisotopic (exact) mass is 397 g/mol. The van der Waals surface area contributed by atoms with Gasteiger partial charge in [-0.05, 0) is 24.3 Å². The van der Waals surface area contributed by atoms with Gasteiger partial charge in [-0.25, -0.2) is 0 Å². The fraction of sp³-hybridized carbons (Fsp3) is 0.364. The summed E-state index contributed by atoms with van der Waals surface area (Å²) in [6, 6.07) is 14.8. The number of amides is 2. The van der Waals surface area contributed by atoms with Gasteiger partial charge in [0.15, 0.2) is 0 Å². The molecule has 1 fully saturated rings. The lowest BCUT2D eigenvalue weighted by Crippen LogP contribution is -2.49. The van der Waals surface area contributed by atoms with Crippen molar-refractivity contribution < 1.29 is 19.1 Å². The fourth-order valence-corrected chi connectivity index (χ4v) is 3.40. The number of carbonyl (C=O) groups is 2. The zero-order valence-corrected chi connectivity index (χ0v) is 16.9. The zero-order valence-electron chi connectivity index (χ0n) is 16.9. The van der Waals surface area contributed by atoms with Crippen molar-refractivity contribution in [2.24, 2.45) is 0 Å². The van der Waals surface area contributed by atoms with Crippen LogP contribution in [-0.4, -0.2) is 68.6 Å². The van der Waals surface area contributed by atoms with Crippen molar-refractivity contribution in [3.63, 3.8) is 0 Å². The third kappa shape index (κ3) is 5.26. The lowest BCUT2D eigenvalue weighted by molar-refractivity contribution is -0.116. The predicted octanol–water partition coefficient (Wildman–Crippen LogP) is 2.49. The van der Waals surface area contributed by atoms with E-state index in [1.54, 1.807) is 37.3 Å². The van der Waals surface area contributed by atoms with Crippen molar-refractivity contribution >= 4 is 17.5 Å². The van der Waals surface area contributed by atoms with E-state index in [2.05, 4.69) is 10.2 Å². The van der Waals surface area contributed by atoms with E-state index in [-0.39, 0.29) is 11.8 Å². The Kier molecular flexibility index (Phi) is 7.08. The molecule has 0 aliphatic carbocycles. The second kappa shape index (κ2) is 9.93. The van der Waals surface area contributed by atoms with E-state index in [9.17, 15) is 9.59 Å². The molecule has 0 atom stereocenters. The topological polar surface area (TPSA) is 71.1 Å². The predicted molar refractivity (Wildman–Crippen MR) is 112 cm³/mol. The number of nitrogens with zero attached hydrogens (tertiary/aromatic N) is 2. The minimum absolute atomic E-state index is 0.00605. The largest absolute Gasteiger partial charge is 0.496 e. The molecule has 1 N–H and O–H groups in total. The van der Waals surface area contributed by atoms with Crippen LogP contribution in [0.1, 0.15) is 16.8 Å². The van der Waals surface area contributed by atoms with Gasteiger partial charge in [0.2, 0.25) is 5.91 Å². The summed E-state index contributed by atoms with van der Waals surface area (Å²) >= 11 is 0. The average molecular weight is 397 g/mol. The molecule has 0 radical (unpaired) electrons. The van der Waals surface area contributed by atoms with Crippen LogP contribution in [-0.2, 0) is 4.79 Å². The number of para-hydroxylation sites is 1. The number of benzene rings is 2. The first-order chi connectivity index (χ1) is 14.1. The molecule has 7 nitrogen and oxygen atoms in total. The smallest absolute Gasteiger partial charge is 0.261 e. The van der Waals surface area contributed by atoms with E-state index in [4.69, 9.17) is 9.47 Å². The Labute approximate surface area is 171 Å². The van der Waals surface area contributed by atoms with Crippen molar-refractivity contribution in [3.05, 3.63) is 54.1 Å². The lowest BCUT2D eigenvalue weighted by Gasteiger charge is -2.35. The van der Waals surface area contributed by atoms with Crippen LogP contribution < -0.4 is 14.8 Å². The zero-order chi connectivity index (χ0) is 20.6. The van der Waals surface area contributed by atoms with Gasteiger partial charge in [0.05, 0.1) is 14.2 Å². The van der Waals surface area contributed by atoms with E-state index in [0.29, 0.717) is 43.1 Å². The maximum Gasteiger partial charge on any atom is 0.261 e. The van der Waals surface area contributed by atoms with E-state index in [0.717, 1.165) is 18.8 Å². The van der Waals surface area contributed by atoms with Gasteiger partial charge >= 0.3 is 0 Å². The number of rotatable bonds is 7. The minimum Gasteiger partial charge on any atom is -0.496 e. The molecule has 2 aromatic rings. The van der Waals surface area contributed by atoms with E-state index >= 15 is 0 Å². The third-order valence-electron chi connectivity index (χ3n) is 5.01. The molecule has 0 bridgehead atoms. The molecule has 2 amide bonds. The van der Waals surface area contributed by atoms with Gasteiger partial charge in [-0.15, -0.1) is 0 Å². The highest BCUT2D eigenvalue weighted by atomic mass is 16.5. The van der Waals surface area contributed by atoms with Crippen LogP contribution in [0.15, 0.2) is 48.5 Å². The molecular weight excluding hydrogens is 370 g/mol. The van der Waals surface area contributed by atoms with Crippen LogP contribution in [0, 0.1) is 0 Å². The number of nitrogens with one attached hydrogen (secondary N) is 1. The molecule has 3 rings (SSSR count). The van der Waals surface area contributed by atoms with E-state index < -0.39 is 0 Å². The number of hydrogen-bond donors (Lipinski definition) is 1. The van der Waals surface area contributed by atoms with Crippen LogP contribution >= 0.6 is 0 Å². The minimum atomic E-state index is -0.0965. The number of anilines is 1. The number of carbonyl (C=O) groups excluding carboxylic acids is 2. The number of methoxy groups -OCH3 is 2. The highest BCUT2D eigenvalue weighted by molar-refractivity contribution is 5.99. The highest BCUT2D eigenvalue weighted by Crippen LogP contribution is 2.29. The maximum atomic E-state index is 13.0. The van der Waals surface area contributed by atoms with Crippen LogP contribution in [0.25, 0.3) is 0 Å². The summed E-state index contributed by atoms with van der Waals surface area (Å²) < 4.78 is 10.7. The first-order valence-electron chi connectivity index (χ1n) is 9.70. The second-order valence-electron chi connectivity index (χ2n) is 6.84. The van der Waals surface area contributed by atoms with Crippen molar-refractivity contribution in [3.8, 4) is 11.5 Å². The van der Waals surface area contributed by atoms with Gasteiger partial charge in [0.25, 0.3) is 5.91 Å². The van der Waals surface area contributed by atoms with Gasteiger partial charge in [0.1, 0.15) is 17.1 Å². The maximum absolute atomic E-state index is 13.0. The number of piperazine rings is 1. The summed E-state index contributed by atoms with van der Waals surface area (Å²) in [6.45, 7) is 3.31. The van der Waals surface area contributed by atoms with Crippen molar-refractivity contribution in [1.29, 1.82) is 0 Å². The molecule has 1 heterocycles. The molecule has 0 unspecified atom stereocenters. The second-order valence-corrected chi connectivity index (χ2v) is 6.84. The Balaban J connectivity index is 1.50. The quantitative estimate of drug-likeness (QED) is 0.777. The van der Waals surface area contributed by atoms with Gasteiger partial charge in [-0.3, -0.25) is 14.5 Å². The van der Waals surface area contributed by atoms with Crippen LogP contribution in [0.3, 0.4) is 0 Å². The molecule has 29 heavy (non-hydrogen) atoms. The van der Waals surface area contributed by atoms with Crippen LogP contribution in [0.4, 0.5) is 5.69 Å². The van der Waals surface area contributed by atoms with Crippen molar-refractivity contribution in [2.45, 2.75) is 6.42 Å². The Hall–Kier alpha value is -3.06. The van der Waals surface area contributed by atoms with Crippen LogP contribution in [0.2, 0.25) is 0 Å². The molecule has 2 aromatic carbocycles. The Morgan fingerprint density at radius 1 is 0.897 bits per heavy atom. The number of ether oxygens (including phenoxy) is 2. The van der Waals surface area contributed by atoms with Crippen LogP contribution in [0.5, 0.6) is 11.5 Å². The van der Waals surface area contributed by atoms with Gasteiger partial charge in [-0.1, -0.05) is 24.3 Å². The van der Waals surface area contributed by atoms with E-state index in [1.807, 2.05) is 30.3 Å². The summed E-state index contributed by atoms with van der Waals surface area (Å²) in [7, 11) is 3.09. The molecule has 0 saturated carbocycles. The first-order valence-corrected chi connectivity index (χ1v) is 9.70. The summed E-state index contributed by atoms with van der Waals surface area (Å²) in [6.07, 6.45) is 0.420. The van der Waals surface area contributed by atoms with Gasteiger partial charge in [-0.2, -0.15) is 0 Å². The summed E-state index contributed by atoms with van der Waals surface area (Å²) in [5.41, 5.74) is 1.26. The lowest BCUT2D eigenvalue weighted by atomic mass is 10.1. The molecular formula is C22H27N3O4. The third-order valence-corrected chi connectivity index (χ3v) is 5.01. The fourth-order valence-electron chi connectivity index (χ4n) is 3.40. The summed E-state index contributed by atoms with van der Waals surface area (Å²) in [5.74, 6) is 0.915. The summed E-state index contributed by atoms with van der Waals surface area (Å²) in [4.78, 5) is 29.2. The molecule has 154 valence electrons. The summed E-state index contributed by atoms with van der Waals surface area (Å²) in [5, 5.41) is 2.90. The average Bonchev–Trinajstić information content (AvgIpc) is 2.77. The standard InChI is InChI=1S/C22H27N3O4/c1-28-18-9-6-10-19(29-2)21(18)22(27)25-15-13-24(14-16-25)12-11-20(26)23-17-7-4-3-5-8-17/h3-10H,11-16H2,1-2H3,(H,23,26). The molecule has 1 aliphatic heterocycles. The number of hydrogen-bond acceptors (Lipinski definition) is 5. The SMILES string of the molecule is COc1cccc(OC)c1C(=O)N1CCN(CCC(=O)Nc2ccccc2)CC1. The van der Waals surface area contributed by atoms with E-state index in [1.165, 1.54) is 0 Å².